The molecule has 1 aliphatic rings. The molecule has 0 saturated heterocycles. The Kier molecular flexibility index (Phi) is 8.08. The summed E-state index contributed by atoms with van der Waals surface area (Å²) in [6.07, 6.45) is 11.3. The fourth-order valence-corrected chi connectivity index (χ4v) is 7.60. The van der Waals surface area contributed by atoms with Gasteiger partial charge in [-0.25, -0.2) is 0 Å². The van der Waals surface area contributed by atoms with E-state index in [2.05, 4.69) is 205 Å². The summed E-state index contributed by atoms with van der Waals surface area (Å²) in [5, 5.41) is 5.34. The zero-order valence-corrected chi connectivity index (χ0v) is 28.4. The van der Waals surface area contributed by atoms with Crippen molar-refractivity contribution < 1.29 is 0 Å². The predicted molar refractivity (Wildman–Crippen MR) is 220 cm³/mol. The number of allylic oxidation sites excluding steroid dienone is 1. The van der Waals surface area contributed by atoms with Crippen molar-refractivity contribution in [2.45, 2.75) is 12.8 Å². The highest BCUT2D eigenvalue weighted by Gasteiger charge is 2.15. The molecule has 0 spiro atoms. The molecule has 8 aromatic carbocycles. The third-order valence-electron chi connectivity index (χ3n) is 10.1. The number of aryl methyl sites for hydroxylation is 1. The van der Waals surface area contributed by atoms with Crippen molar-refractivity contribution in [3.63, 3.8) is 0 Å². The van der Waals surface area contributed by atoms with E-state index >= 15 is 0 Å². The summed E-state index contributed by atoms with van der Waals surface area (Å²) in [5.74, 6) is 0. The lowest BCUT2D eigenvalue weighted by molar-refractivity contribution is 0.998. The largest absolute Gasteiger partial charge is 0.310 e. The number of hydrogen-bond donors (Lipinski definition) is 0. The third kappa shape index (κ3) is 6.05. The minimum Gasteiger partial charge on any atom is -0.310 e. The van der Waals surface area contributed by atoms with E-state index in [-0.39, 0.29) is 0 Å². The van der Waals surface area contributed by atoms with Gasteiger partial charge < -0.3 is 4.90 Å². The van der Waals surface area contributed by atoms with Gasteiger partial charge in [0, 0.05) is 17.1 Å². The zero-order chi connectivity index (χ0) is 34.0. The number of para-hydroxylation sites is 1. The van der Waals surface area contributed by atoms with Crippen LogP contribution < -0.4 is 4.90 Å². The quantitative estimate of drug-likeness (QED) is 0.122. The lowest BCUT2D eigenvalue weighted by Crippen LogP contribution is -2.09. The maximum atomic E-state index is 2.34. The van der Waals surface area contributed by atoms with Crippen LogP contribution in [0.2, 0.25) is 0 Å². The second kappa shape index (κ2) is 13.5. The molecule has 0 bridgehead atoms. The second-order valence-electron chi connectivity index (χ2n) is 13.3. The van der Waals surface area contributed by atoms with Crippen molar-refractivity contribution in [3.8, 4) is 22.3 Å². The van der Waals surface area contributed by atoms with Crippen molar-refractivity contribution in [2.75, 3.05) is 4.90 Å². The average Bonchev–Trinajstić information content (AvgIpc) is 3.21. The number of anilines is 3. The van der Waals surface area contributed by atoms with Gasteiger partial charge in [0.2, 0.25) is 0 Å². The van der Waals surface area contributed by atoms with Crippen LogP contribution in [0.15, 0.2) is 182 Å². The Morgan fingerprint density at radius 1 is 0.431 bits per heavy atom. The maximum Gasteiger partial charge on any atom is 0.0467 e. The standard InChI is InChI=1S/C50H37N/c1-3-13-37(14-4-1)43-18-11-19-44(35-43)38-30-32-46(33-31-38)51(45-20-5-2-6-21-45)47-22-9-12-36(34-47)24-25-40-16-10-17-41-28-29-42-27-26-39-15-7-8-23-48(39)50(42)49(40)41/h1-7,9-22,24-35H,8,23H2. The molecule has 0 radical (unpaired) electrons. The highest BCUT2D eigenvalue weighted by atomic mass is 15.1. The lowest BCUT2D eigenvalue weighted by atomic mass is 9.87. The molecule has 0 aliphatic heterocycles. The highest BCUT2D eigenvalue weighted by molar-refractivity contribution is 6.14. The van der Waals surface area contributed by atoms with Gasteiger partial charge in [-0.05, 0) is 121 Å². The predicted octanol–water partition coefficient (Wildman–Crippen LogP) is 13.9. The molecule has 8 aromatic rings. The van der Waals surface area contributed by atoms with E-state index in [1.807, 2.05) is 0 Å². The first kappa shape index (κ1) is 30.6. The molecule has 1 nitrogen and oxygen atoms in total. The van der Waals surface area contributed by atoms with Gasteiger partial charge in [-0.1, -0.05) is 158 Å². The van der Waals surface area contributed by atoms with Crippen LogP contribution in [0, 0.1) is 0 Å². The van der Waals surface area contributed by atoms with Crippen LogP contribution in [-0.2, 0) is 6.42 Å². The normalized spacial score (nSPS) is 12.4. The second-order valence-corrected chi connectivity index (χ2v) is 13.3. The lowest BCUT2D eigenvalue weighted by Gasteiger charge is -2.26. The van der Waals surface area contributed by atoms with Crippen molar-refractivity contribution in [2.24, 2.45) is 0 Å². The SMILES string of the molecule is C1=Cc2ccc3ccc4cccc(C=Cc5cccc(N(c6ccccc6)c6ccc(-c7cccc(-c8ccccc8)c7)cc6)c5)c4c3c2CC1. The van der Waals surface area contributed by atoms with Gasteiger partial charge in [-0.2, -0.15) is 0 Å². The smallest absolute Gasteiger partial charge is 0.0467 e. The Balaban J connectivity index is 1.07. The molecule has 0 fully saturated rings. The first-order valence-electron chi connectivity index (χ1n) is 17.8. The highest BCUT2D eigenvalue weighted by Crippen LogP contribution is 2.38. The number of fused-ring (bicyclic) bond motifs is 5. The van der Waals surface area contributed by atoms with Gasteiger partial charge in [-0.3, -0.25) is 0 Å². The Morgan fingerprint density at radius 3 is 1.86 bits per heavy atom. The summed E-state index contributed by atoms with van der Waals surface area (Å²) < 4.78 is 0. The fraction of sp³-hybridized carbons (Fsp3) is 0.0400. The average molecular weight is 652 g/mol. The number of rotatable bonds is 7. The molecule has 0 aromatic heterocycles. The minimum absolute atomic E-state index is 1.08. The Morgan fingerprint density at radius 2 is 1.06 bits per heavy atom. The Bertz CT molecular complexity index is 2560. The molecule has 0 atom stereocenters. The number of nitrogens with zero attached hydrogens (tertiary/aromatic N) is 1. The number of hydrogen-bond acceptors (Lipinski definition) is 1. The molecule has 0 amide bonds. The topological polar surface area (TPSA) is 3.24 Å². The summed E-state index contributed by atoms with van der Waals surface area (Å²) in [5.41, 5.74) is 13.4. The third-order valence-corrected chi connectivity index (χ3v) is 10.1. The van der Waals surface area contributed by atoms with Gasteiger partial charge in [0.05, 0.1) is 0 Å². The number of benzene rings is 8. The first-order valence-corrected chi connectivity index (χ1v) is 17.8. The van der Waals surface area contributed by atoms with E-state index in [0.29, 0.717) is 0 Å². The van der Waals surface area contributed by atoms with Crippen molar-refractivity contribution in [3.05, 3.63) is 204 Å². The summed E-state index contributed by atoms with van der Waals surface area (Å²) in [7, 11) is 0. The molecule has 242 valence electrons. The van der Waals surface area contributed by atoms with Crippen molar-refractivity contribution in [1.29, 1.82) is 0 Å². The van der Waals surface area contributed by atoms with Crippen LogP contribution in [0.25, 0.3) is 62.0 Å². The molecular weight excluding hydrogens is 615 g/mol. The van der Waals surface area contributed by atoms with Gasteiger partial charge in [0.1, 0.15) is 0 Å². The molecule has 51 heavy (non-hydrogen) atoms. The summed E-state index contributed by atoms with van der Waals surface area (Å²) in [4.78, 5) is 2.34. The van der Waals surface area contributed by atoms with Crippen molar-refractivity contribution in [1.82, 2.24) is 0 Å². The van der Waals surface area contributed by atoms with Crippen LogP contribution in [0.4, 0.5) is 17.1 Å². The fourth-order valence-electron chi connectivity index (χ4n) is 7.60. The molecule has 0 unspecified atom stereocenters. The van der Waals surface area contributed by atoms with E-state index < -0.39 is 0 Å². The Labute approximate surface area is 300 Å². The van der Waals surface area contributed by atoms with Crippen LogP contribution in [0.3, 0.4) is 0 Å². The maximum absolute atomic E-state index is 2.34. The summed E-state index contributed by atoms with van der Waals surface area (Å²) in [6.45, 7) is 0. The van der Waals surface area contributed by atoms with Gasteiger partial charge >= 0.3 is 0 Å². The molecular formula is C50H37N. The van der Waals surface area contributed by atoms with E-state index in [9.17, 15) is 0 Å². The molecule has 0 heterocycles. The monoisotopic (exact) mass is 651 g/mol. The van der Waals surface area contributed by atoms with E-state index in [1.165, 1.54) is 60.5 Å². The van der Waals surface area contributed by atoms with Gasteiger partial charge in [-0.15, -0.1) is 0 Å². The van der Waals surface area contributed by atoms with Gasteiger partial charge in [0.25, 0.3) is 0 Å². The molecule has 0 N–H and O–H groups in total. The van der Waals surface area contributed by atoms with E-state index in [0.717, 1.165) is 35.5 Å². The molecule has 0 saturated carbocycles. The van der Waals surface area contributed by atoms with Crippen LogP contribution >= 0.6 is 0 Å². The van der Waals surface area contributed by atoms with Crippen LogP contribution in [-0.4, -0.2) is 0 Å². The van der Waals surface area contributed by atoms with Crippen LogP contribution in [0.1, 0.15) is 28.7 Å². The molecule has 1 aliphatic carbocycles. The summed E-state index contributed by atoms with van der Waals surface area (Å²) >= 11 is 0. The summed E-state index contributed by atoms with van der Waals surface area (Å²) in [6, 6.07) is 63.6. The zero-order valence-electron chi connectivity index (χ0n) is 28.4. The van der Waals surface area contributed by atoms with E-state index in [4.69, 9.17) is 0 Å². The minimum atomic E-state index is 1.08. The van der Waals surface area contributed by atoms with Gasteiger partial charge in [0.15, 0.2) is 0 Å². The first-order chi connectivity index (χ1) is 25.3. The Hall–Kier alpha value is -6.44. The molecule has 9 rings (SSSR count). The molecule has 1 heteroatoms. The van der Waals surface area contributed by atoms with Crippen molar-refractivity contribution >= 4 is 56.8 Å². The van der Waals surface area contributed by atoms with Crippen LogP contribution in [0.5, 0.6) is 0 Å². The van der Waals surface area contributed by atoms with E-state index in [1.54, 1.807) is 0 Å².